The van der Waals surface area contributed by atoms with E-state index in [0.29, 0.717) is 21.5 Å². The first-order valence-corrected chi connectivity index (χ1v) is 6.64. The number of furan rings is 1. The smallest absolute Gasteiger partial charge is 0.341 e. The first-order valence-electron chi connectivity index (χ1n) is 5.85. The normalized spacial score (nSPS) is 10.2. The molecule has 0 unspecified atom stereocenters. The molecule has 2 aromatic rings. The van der Waals surface area contributed by atoms with Gasteiger partial charge in [0.15, 0.2) is 0 Å². The molecule has 110 valence electrons. The zero-order valence-corrected chi connectivity index (χ0v) is 12.5. The second-order valence-corrected chi connectivity index (χ2v) is 4.92. The molecule has 0 aliphatic carbocycles. The van der Waals surface area contributed by atoms with Crippen LogP contribution in [0.5, 0.6) is 0 Å². The minimum absolute atomic E-state index is 0.0327. The molecule has 0 saturated heterocycles. The van der Waals surface area contributed by atoms with Gasteiger partial charge in [0.1, 0.15) is 12.0 Å². The third-order valence-electron chi connectivity index (χ3n) is 2.68. The third-order valence-corrected chi connectivity index (χ3v) is 3.36. The van der Waals surface area contributed by atoms with E-state index in [1.165, 1.54) is 19.4 Å². The van der Waals surface area contributed by atoms with Crippen LogP contribution in [0.4, 0.5) is 11.4 Å². The number of nitro benzene ring substituents is 1. The predicted molar refractivity (Wildman–Crippen MR) is 78.2 cm³/mol. The van der Waals surface area contributed by atoms with Crippen molar-refractivity contribution in [2.75, 3.05) is 12.4 Å². The van der Waals surface area contributed by atoms with Gasteiger partial charge in [-0.05, 0) is 34.1 Å². The number of halogens is 1. The number of carbonyl (C=O) groups excluding carboxylic acids is 1. The van der Waals surface area contributed by atoms with Gasteiger partial charge in [-0.1, -0.05) is 0 Å². The lowest BCUT2D eigenvalue weighted by Crippen LogP contribution is -2.00. The van der Waals surface area contributed by atoms with Crippen molar-refractivity contribution >= 4 is 33.3 Å². The van der Waals surface area contributed by atoms with Crippen molar-refractivity contribution in [1.29, 1.82) is 0 Å². The molecule has 0 atom stereocenters. The van der Waals surface area contributed by atoms with Gasteiger partial charge in [0.05, 0.1) is 28.6 Å². The number of rotatable bonds is 5. The van der Waals surface area contributed by atoms with Crippen molar-refractivity contribution < 1.29 is 18.9 Å². The average Bonchev–Trinajstić information content (AvgIpc) is 2.94. The van der Waals surface area contributed by atoms with Gasteiger partial charge in [-0.2, -0.15) is 0 Å². The molecule has 8 heteroatoms. The fourth-order valence-electron chi connectivity index (χ4n) is 1.65. The zero-order chi connectivity index (χ0) is 15.4. The molecule has 21 heavy (non-hydrogen) atoms. The van der Waals surface area contributed by atoms with Crippen molar-refractivity contribution in [3.8, 4) is 0 Å². The molecule has 7 nitrogen and oxygen atoms in total. The fraction of sp³-hybridized carbons (Fsp3) is 0.154. The van der Waals surface area contributed by atoms with Crippen molar-refractivity contribution in [3.05, 3.63) is 56.4 Å². The predicted octanol–water partition coefficient (Wildman–Crippen LogP) is 3.35. The number of nitrogens with zero attached hydrogens (tertiary/aromatic N) is 1. The molecule has 0 aliphatic heterocycles. The van der Waals surface area contributed by atoms with E-state index in [2.05, 4.69) is 26.0 Å². The van der Waals surface area contributed by atoms with Crippen LogP contribution in [-0.2, 0) is 11.3 Å². The summed E-state index contributed by atoms with van der Waals surface area (Å²) >= 11 is 3.11. The number of carbonyl (C=O) groups is 1. The fourth-order valence-corrected chi connectivity index (χ4v) is 2.04. The maximum absolute atomic E-state index is 11.3. The van der Waals surface area contributed by atoms with E-state index in [1.807, 2.05) is 0 Å². The Morgan fingerprint density at radius 3 is 2.90 bits per heavy atom. The van der Waals surface area contributed by atoms with Gasteiger partial charge in [-0.25, -0.2) is 4.79 Å². The molecule has 0 spiro atoms. The molecular formula is C13H11BrN2O5. The Balaban J connectivity index is 2.06. The molecule has 0 fully saturated rings. The summed E-state index contributed by atoms with van der Waals surface area (Å²) in [7, 11) is 1.29. The highest BCUT2D eigenvalue weighted by atomic mass is 79.9. The van der Waals surface area contributed by atoms with Gasteiger partial charge in [-0.3, -0.25) is 10.1 Å². The highest BCUT2D eigenvalue weighted by Gasteiger charge is 2.13. The maximum Gasteiger partial charge on any atom is 0.341 e. The number of ether oxygens (including phenoxy) is 1. The lowest BCUT2D eigenvalue weighted by molar-refractivity contribution is -0.385. The van der Waals surface area contributed by atoms with Crippen LogP contribution in [0.2, 0.25) is 0 Å². The second kappa shape index (κ2) is 6.40. The Bertz CT molecular complexity index is 683. The first kappa shape index (κ1) is 15.0. The molecular weight excluding hydrogens is 344 g/mol. The number of methoxy groups -OCH3 is 1. The minimum atomic E-state index is -0.482. The van der Waals surface area contributed by atoms with Crippen LogP contribution in [0.15, 0.2) is 39.4 Å². The van der Waals surface area contributed by atoms with E-state index < -0.39 is 10.9 Å². The molecule has 0 radical (unpaired) electrons. The highest BCUT2D eigenvalue weighted by molar-refractivity contribution is 9.10. The molecule has 0 aliphatic rings. The molecule has 0 saturated carbocycles. The summed E-state index contributed by atoms with van der Waals surface area (Å²) in [5, 5.41) is 13.8. The highest BCUT2D eigenvalue weighted by Crippen LogP contribution is 2.28. The van der Waals surface area contributed by atoms with Crippen LogP contribution in [0, 0.1) is 10.1 Å². The van der Waals surface area contributed by atoms with E-state index in [0.717, 1.165) is 0 Å². The second-order valence-electron chi connectivity index (χ2n) is 4.07. The lowest BCUT2D eigenvalue weighted by atomic mass is 10.2. The summed E-state index contributed by atoms with van der Waals surface area (Å²) in [6.45, 7) is 0.287. The molecule has 1 aromatic carbocycles. The van der Waals surface area contributed by atoms with E-state index in [-0.39, 0.29) is 12.2 Å². The summed E-state index contributed by atoms with van der Waals surface area (Å²) in [5.41, 5.74) is 0.853. The van der Waals surface area contributed by atoms with Crippen LogP contribution in [0.25, 0.3) is 0 Å². The van der Waals surface area contributed by atoms with Gasteiger partial charge >= 0.3 is 5.97 Å². The van der Waals surface area contributed by atoms with Crippen molar-refractivity contribution in [3.63, 3.8) is 0 Å². The topological polar surface area (TPSA) is 94.6 Å². The van der Waals surface area contributed by atoms with E-state index in [1.54, 1.807) is 18.2 Å². The number of hydrogen-bond donors (Lipinski definition) is 1. The van der Waals surface area contributed by atoms with Crippen LogP contribution >= 0.6 is 15.9 Å². The van der Waals surface area contributed by atoms with Gasteiger partial charge in [0.2, 0.25) is 0 Å². The first-order chi connectivity index (χ1) is 10.0. The van der Waals surface area contributed by atoms with Crippen LogP contribution < -0.4 is 5.32 Å². The summed E-state index contributed by atoms with van der Waals surface area (Å²) in [6.07, 6.45) is 1.30. The number of esters is 1. The van der Waals surface area contributed by atoms with Gasteiger partial charge in [-0.15, -0.1) is 0 Å². The largest absolute Gasteiger partial charge is 0.467 e. The summed E-state index contributed by atoms with van der Waals surface area (Å²) in [6, 6.07) is 6.24. The lowest BCUT2D eigenvalue weighted by Gasteiger charge is -2.04. The van der Waals surface area contributed by atoms with Gasteiger partial charge < -0.3 is 14.5 Å². The Morgan fingerprint density at radius 1 is 1.48 bits per heavy atom. The van der Waals surface area contributed by atoms with Crippen LogP contribution in [-0.4, -0.2) is 18.0 Å². The number of benzene rings is 1. The van der Waals surface area contributed by atoms with E-state index in [4.69, 9.17) is 4.42 Å². The van der Waals surface area contributed by atoms with Crippen molar-refractivity contribution in [2.24, 2.45) is 0 Å². The Hall–Kier alpha value is -2.35. The molecule has 1 N–H and O–H groups in total. The summed E-state index contributed by atoms with van der Waals surface area (Å²) in [4.78, 5) is 21.6. The van der Waals surface area contributed by atoms with Crippen molar-refractivity contribution in [1.82, 2.24) is 0 Å². The summed E-state index contributed by atoms with van der Waals surface area (Å²) in [5.74, 6) is 0.0326. The third kappa shape index (κ3) is 3.60. The van der Waals surface area contributed by atoms with E-state index >= 15 is 0 Å². The monoisotopic (exact) mass is 354 g/mol. The standard InChI is InChI=1S/C13H11BrN2O5/c1-20-13(17)8-4-10(21-7-8)6-15-9-2-3-11(14)12(5-9)16(18)19/h2-5,7,15H,6H2,1H3. The Kier molecular flexibility index (Phi) is 4.59. The Morgan fingerprint density at radius 2 is 2.24 bits per heavy atom. The molecule has 1 heterocycles. The van der Waals surface area contributed by atoms with Gasteiger partial charge in [0, 0.05) is 11.8 Å². The van der Waals surface area contributed by atoms with Crippen LogP contribution in [0.3, 0.4) is 0 Å². The zero-order valence-electron chi connectivity index (χ0n) is 11.0. The maximum atomic E-state index is 11.3. The molecule has 0 bridgehead atoms. The minimum Gasteiger partial charge on any atom is -0.467 e. The number of nitro groups is 1. The molecule has 0 amide bonds. The molecule has 1 aromatic heterocycles. The van der Waals surface area contributed by atoms with Gasteiger partial charge in [0.25, 0.3) is 5.69 Å². The quantitative estimate of drug-likeness (QED) is 0.502. The summed E-state index contributed by atoms with van der Waals surface area (Å²) < 4.78 is 10.2. The number of nitrogens with one attached hydrogen (secondary N) is 1. The number of anilines is 1. The molecule has 2 rings (SSSR count). The number of hydrogen-bond acceptors (Lipinski definition) is 6. The SMILES string of the molecule is COC(=O)c1coc(CNc2ccc(Br)c([N+](=O)[O-])c2)c1. The van der Waals surface area contributed by atoms with E-state index in [9.17, 15) is 14.9 Å². The average molecular weight is 355 g/mol. The Labute approximate surface area is 128 Å². The van der Waals surface area contributed by atoms with Crippen LogP contribution in [0.1, 0.15) is 16.1 Å². The van der Waals surface area contributed by atoms with Crippen molar-refractivity contribution in [2.45, 2.75) is 6.54 Å².